The molecule has 0 radical (unpaired) electrons. The summed E-state index contributed by atoms with van der Waals surface area (Å²) < 4.78 is 45.9. The number of methoxy groups -OCH3 is 1. The van der Waals surface area contributed by atoms with Crippen LogP contribution in [-0.4, -0.2) is 27.2 Å². The number of sulfonamides is 1. The molecule has 2 N–H and O–H groups in total. The van der Waals surface area contributed by atoms with Gasteiger partial charge in [0.05, 0.1) is 23.4 Å². The number of benzene rings is 3. The number of ether oxygens (including phenoxy) is 1. The molecule has 0 aromatic heterocycles. The molecule has 0 unspecified atom stereocenters. The van der Waals surface area contributed by atoms with Crippen LogP contribution < -0.4 is 14.8 Å². The van der Waals surface area contributed by atoms with Crippen LogP contribution in [-0.2, 0) is 14.8 Å². The highest BCUT2D eigenvalue weighted by atomic mass is 35.5. The highest BCUT2D eigenvalue weighted by molar-refractivity contribution is 8.00. The molecule has 0 heterocycles. The lowest BCUT2D eigenvalue weighted by Crippen LogP contribution is -2.16. The highest BCUT2D eigenvalue weighted by Crippen LogP contribution is 2.30. The number of hydrogen-bond acceptors (Lipinski definition) is 5. The minimum atomic E-state index is -3.98. The van der Waals surface area contributed by atoms with Gasteiger partial charge < -0.3 is 10.1 Å². The van der Waals surface area contributed by atoms with Crippen molar-refractivity contribution < 1.29 is 22.3 Å². The predicted molar refractivity (Wildman–Crippen MR) is 121 cm³/mol. The van der Waals surface area contributed by atoms with E-state index in [1.807, 2.05) is 12.1 Å². The van der Waals surface area contributed by atoms with E-state index in [2.05, 4.69) is 10.0 Å². The Morgan fingerprint density at radius 3 is 2.39 bits per heavy atom. The molecule has 0 aliphatic rings. The van der Waals surface area contributed by atoms with E-state index in [1.165, 1.54) is 31.0 Å². The molecule has 3 rings (SSSR count). The summed E-state index contributed by atoms with van der Waals surface area (Å²) >= 11 is 7.19. The number of thioether (sulfide) groups is 1. The van der Waals surface area contributed by atoms with Gasteiger partial charge in [-0.2, -0.15) is 0 Å². The molecule has 0 saturated carbocycles. The van der Waals surface area contributed by atoms with Crippen molar-refractivity contribution in [2.45, 2.75) is 9.79 Å². The van der Waals surface area contributed by atoms with Gasteiger partial charge in [-0.25, -0.2) is 12.8 Å². The van der Waals surface area contributed by atoms with E-state index in [-0.39, 0.29) is 28.0 Å². The normalized spacial score (nSPS) is 11.1. The molecule has 0 fully saturated rings. The Labute approximate surface area is 188 Å². The number of nitrogens with one attached hydrogen (secondary N) is 2. The average molecular weight is 481 g/mol. The first-order chi connectivity index (χ1) is 14.8. The van der Waals surface area contributed by atoms with Crippen LogP contribution in [0.15, 0.2) is 76.5 Å². The summed E-state index contributed by atoms with van der Waals surface area (Å²) in [6, 6.07) is 16.1. The van der Waals surface area contributed by atoms with E-state index in [4.69, 9.17) is 16.3 Å². The van der Waals surface area contributed by atoms with Crippen molar-refractivity contribution >= 4 is 50.7 Å². The third-order valence-corrected chi connectivity index (χ3v) is 6.68. The van der Waals surface area contributed by atoms with Crippen molar-refractivity contribution in [1.29, 1.82) is 0 Å². The molecular formula is C21H18ClFN2O4S2. The van der Waals surface area contributed by atoms with Crippen LogP contribution in [0.2, 0.25) is 5.02 Å². The molecule has 1 amide bonds. The van der Waals surface area contributed by atoms with Crippen LogP contribution in [0.4, 0.5) is 15.8 Å². The van der Waals surface area contributed by atoms with Gasteiger partial charge in [-0.05, 0) is 66.7 Å². The molecule has 0 spiro atoms. The smallest absolute Gasteiger partial charge is 0.262 e. The van der Waals surface area contributed by atoms with E-state index in [9.17, 15) is 17.6 Å². The maximum absolute atomic E-state index is 13.1. The Bertz CT molecular complexity index is 1170. The summed E-state index contributed by atoms with van der Waals surface area (Å²) in [5.74, 6) is -0.390. The number of carbonyl (C=O) groups excluding carboxylic acids is 1. The zero-order valence-corrected chi connectivity index (χ0v) is 18.7. The van der Waals surface area contributed by atoms with Crippen LogP contribution in [0.5, 0.6) is 5.75 Å². The third-order valence-electron chi connectivity index (χ3n) is 4.04. The van der Waals surface area contributed by atoms with E-state index >= 15 is 0 Å². The summed E-state index contributed by atoms with van der Waals surface area (Å²) in [6.07, 6.45) is 0. The number of halogens is 2. The van der Waals surface area contributed by atoms with Gasteiger partial charge >= 0.3 is 0 Å². The number of rotatable bonds is 8. The van der Waals surface area contributed by atoms with Crippen LogP contribution in [0.3, 0.4) is 0 Å². The number of carbonyl (C=O) groups is 1. The first-order valence-electron chi connectivity index (χ1n) is 8.91. The molecular weight excluding hydrogens is 463 g/mol. The lowest BCUT2D eigenvalue weighted by Gasteiger charge is -2.14. The molecule has 0 saturated heterocycles. The Morgan fingerprint density at radius 2 is 1.74 bits per heavy atom. The largest absolute Gasteiger partial charge is 0.495 e. The van der Waals surface area contributed by atoms with Crippen LogP contribution in [0.25, 0.3) is 0 Å². The number of amides is 1. The van der Waals surface area contributed by atoms with E-state index in [1.54, 1.807) is 18.2 Å². The maximum Gasteiger partial charge on any atom is 0.262 e. The fraction of sp³-hybridized carbons (Fsp3) is 0.0952. The van der Waals surface area contributed by atoms with Crippen LogP contribution in [0, 0.1) is 5.82 Å². The Hall–Kier alpha value is -2.75. The third kappa shape index (κ3) is 6.36. The van der Waals surface area contributed by atoms with Crippen molar-refractivity contribution in [3.8, 4) is 5.75 Å². The predicted octanol–water partition coefficient (Wildman–Crippen LogP) is 5.02. The molecule has 0 bridgehead atoms. The molecule has 0 aliphatic heterocycles. The summed E-state index contributed by atoms with van der Waals surface area (Å²) in [5, 5.41) is 3.34. The minimum Gasteiger partial charge on any atom is -0.495 e. The molecule has 3 aromatic rings. The zero-order valence-electron chi connectivity index (χ0n) is 16.3. The van der Waals surface area contributed by atoms with Gasteiger partial charge in [0, 0.05) is 15.6 Å². The molecule has 31 heavy (non-hydrogen) atoms. The molecule has 3 aromatic carbocycles. The van der Waals surface area contributed by atoms with Crippen molar-refractivity contribution in [2.24, 2.45) is 0 Å². The quantitative estimate of drug-likeness (QED) is 0.442. The standard InChI is InChI=1S/C21H18ClFN2O4S2/c1-29-20-11-6-16(24-21(26)13-30-17-7-2-14(22)3-8-17)12-19(20)25-31(27,28)18-9-4-15(23)5-10-18/h2-12,25H,13H2,1H3,(H,24,26). The molecule has 10 heteroatoms. The summed E-state index contributed by atoms with van der Waals surface area (Å²) in [7, 11) is -2.59. The minimum absolute atomic E-state index is 0.107. The van der Waals surface area contributed by atoms with Gasteiger partial charge in [-0.15, -0.1) is 11.8 Å². The zero-order chi connectivity index (χ0) is 22.4. The molecule has 0 atom stereocenters. The van der Waals surface area contributed by atoms with Crippen molar-refractivity contribution in [3.63, 3.8) is 0 Å². The fourth-order valence-corrected chi connectivity index (χ4v) is 4.45. The van der Waals surface area contributed by atoms with Crippen LogP contribution >= 0.6 is 23.4 Å². The van der Waals surface area contributed by atoms with E-state index in [0.29, 0.717) is 10.7 Å². The highest BCUT2D eigenvalue weighted by Gasteiger charge is 2.17. The Kier molecular flexibility index (Phi) is 7.42. The second kappa shape index (κ2) is 10.0. The van der Waals surface area contributed by atoms with Gasteiger partial charge in [0.1, 0.15) is 11.6 Å². The van der Waals surface area contributed by atoms with Crippen LogP contribution in [0.1, 0.15) is 0 Å². The summed E-state index contributed by atoms with van der Waals surface area (Å²) in [4.78, 5) is 13.1. The number of anilines is 2. The summed E-state index contributed by atoms with van der Waals surface area (Å²) in [5.41, 5.74) is 0.522. The fourth-order valence-electron chi connectivity index (χ4n) is 2.56. The lowest BCUT2D eigenvalue weighted by molar-refractivity contribution is -0.113. The molecule has 6 nitrogen and oxygen atoms in total. The van der Waals surface area contributed by atoms with Gasteiger partial charge in [-0.1, -0.05) is 11.6 Å². The first kappa shape index (κ1) is 22.9. The lowest BCUT2D eigenvalue weighted by atomic mass is 10.2. The van der Waals surface area contributed by atoms with Crippen molar-refractivity contribution in [3.05, 3.63) is 77.6 Å². The van der Waals surface area contributed by atoms with Gasteiger partial charge in [0.15, 0.2) is 0 Å². The van der Waals surface area contributed by atoms with Crippen molar-refractivity contribution in [2.75, 3.05) is 22.9 Å². The average Bonchev–Trinajstić information content (AvgIpc) is 2.73. The van der Waals surface area contributed by atoms with Gasteiger partial charge in [0.2, 0.25) is 5.91 Å². The van der Waals surface area contributed by atoms with E-state index in [0.717, 1.165) is 29.2 Å². The Morgan fingerprint density at radius 1 is 1.06 bits per heavy atom. The van der Waals surface area contributed by atoms with Gasteiger partial charge in [0.25, 0.3) is 10.0 Å². The summed E-state index contributed by atoms with van der Waals surface area (Å²) in [6.45, 7) is 0. The Balaban J connectivity index is 1.71. The SMILES string of the molecule is COc1ccc(NC(=O)CSc2ccc(Cl)cc2)cc1NS(=O)(=O)c1ccc(F)cc1. The molecule has 162 valence electrons. The second-order valence-electron chi connectivity index (χ2n) is 6.27. The number of hydrogen-bond donors (Lipinski definition) is 2. The topological polar surface area (TPSA) is 84.5 Å². The first-order valence-corrected chi connectivity index (χ1v) is 11.8. The van der Waals surface area contributed by atoms with Crippen molar-refractivity contribution in [1.82, 2.24) is 0 Å². The van der Waals surface area contributed by atoms with E-state index < -0.39 is 15.8 Å². The van der Waals surface area contributed by atoms with Gasteiger partial charge in [-0.3, -0.25) is 9.52 Å². The molecule has 0 aliphatic carbocycles. The second-order valence-corrected chi connectivity index (χ2v) is 9.43. The maximum atomic E-state index is 13.1. The monoisotopic (exact) mass is 480 g/mol.